The Morgan fingerprint density at radius 3 is 3.00 bits per heavy atom. The van der Waals surface area contributed by atoms with Gasteiger partial charge in [0.2, 0.25) is 0 Å². The number of rotatable bonds is 2. The van der Waals surface area contributed by atoms with Crippen LogP contribution in [0.5, 0.6) is 0 Å². The largest absolute Gasteiger partial charge is 0.380 e. The van der Waals surface area contributed by atoms with Crippen LogP contribution in [0.25, 0.3) is 0 Å². The Bertz CT molecular complexity index is 481. The van der Waals surface area contributed by atoms with E-state index in [-0.39, 0.29) is 4.47 Å². The second-order valence-corrected chi connectivity index (χ2v) is 2.19. The Kier molecular flexibility index (Phi) is 0.778. The third kappa shape index (κ3) is 2.12. The highest BCUT2D eigenvalue weighted by Crippen LogP contribution is 2.10. The summed E-state index contributed by atoms with van der Waals surface area (Å²) in [4.78, 5) is 0. The minimum atomic E-state index is -3.07. The highest BCUT2D eigenvalue weighted by atomic mass is 79.9. The van der Waals surface area contributed by atoms with Crippen molar-refractivity contribution in [2.75, 3.05) is 7.04 Å². The van der Waals surface area contributed by atoms with Crippen LogP contribution in [0.15, 0.2) is 28.6 Å². The lowest BCUT2D eigenvalue weighted by Crippen LogP contribution is -1.85. The molecule has 0 spiro atoms. The Labute approximate surface area is 81.8 Å². The smallest absolute Gasteiger partial charge is 0.0713 e. The first kappa shape index (κ1) is 2.08. The predicted molar refractivity (Wildman–Crippen MR) is 44.9 cm³/mol. The molecule has 0 amide bonds. The molecule has 0 saturated carbocycles. The highest BCUT2D eigenvalue weighted by molar-refractivity contribution is 9.10. The highest BCUT2D eigenvalue weighted by Gasteiger charge is 1.89. The van der Waals surface area contributed by atoms with Gasteiger partial charge in [0.15, 0.2) is 0 Å². The van der Waals surface area contributed by atoms with Crippen molar-refractivity contribution >= 4 is 15.9 Å². The van der Waals surface area contributed by atoms with Gasteiger partial charge >= 0.3 is 0 Å². The van der Waals surface area contributed by atoms with Crippen LogP contribution in [0.4, 0.5) is 0 Å². The fourth-order valence-electron chi connectivity index (χ4n) is 0.399. The zero-order valence-electron chi connectivity index (χ0n) is 13.8. The Balaban J connectivity index is 3.51. The number of benzene rings is 1. The van der Waals surface area contributed by atoms with Gasteiger partial charge in [-0.3, -0.25) is 0 Å². The summed E-state index contributed by atoms with van der Waals surface area (Å²) < 4.78 is 70.1. The predicted octanol–water partition coefficient (Wildman–Crippen LogP) is 2.60. The molecular formula is C8H9BrO. The maximum absolute atomic E-state index is 7.61. The van der Waals surface area contributed by atoms with Gasteiger partial charge in [0, 0.05) is 11.5 Å². The Morgan fingerprint density at radius 2 is 2.40 bits per heavy atom. The summed E-state index contributed by atoms with van der Waals surface area (Å²) in [7, 11) is -3.07. The molecule has 0 aliphatic carbocycles. The normalized spacial score (nSPS) is 25.5. The fourth-order valence-corrected chi connectivity index (χ4v) is 0.598. The van der Waals surface area contributed by atoms with Gasteiger partial charge in [-0.2, -0.15) is 0 Å². The molecule has 1 aromatic rings. The molecule has 1 nitrogen and oxygen atoms in total. The standard InChI is InChI=1S/C8H9BrO/c1-10-6-7-2-4-8(9)5-3-7/h2-5H,6H2,1H3/i1D3,2D,3D,4D,5D,6D2. The van der Waals surface area contributed by atoms with E-state index in [4.69, 9.17) is 12.3 Å². The zero-order valence-corrected chi connectivity index (χ0v) is 6.37. The lowest BCUT2D eigenvalue weighted by atomic mass is 10.2. The summed E-state index contributed by atoms with van der Waals surface area (Å²) >= 11 is 2.85. The monoisotopic (exact) mass is 209 g/mol. The van der Waals surface area contributed by atoms with Gasteiger partial charge in [-0.25, -0.2) is 0 Å². The molecule has 0 aliphatic heterocycles. The van der Waals surface area contributed by atoms with Crippen molar-refractivity contribution in [3.05, 3.63) is 34.2 Å². The lowest BCUT2D eigenvalue weighted by molar-refractivity contribution is 0.185. The van der Waals surface area contributed by atoms with Crippen LogP contribution in [-0.4, -0.2) is 7.04 Å². The molecule has 0 N–H and O–H groups in total. The van der Waals surface area contributed by atoms with Crippen molar-refractivity contribution in [1.82, 2.24) is 0 Å². The summed E-state index contributed by atoms with van der Waals surface area (Å²) in [6.07, 6.45) is 0. The van der Waals surface area contributed by atoms with Crippen molar-refractivity contribution in [3.63, 3.8) is 0 Å². The molecule has 1 rings (SSSR count). The van der Waals surface area contributed by atoms with Gasteiger partial charge in [-0.15, -0.1) is 0 Å². The molecule has 0 aliphatic rings. The van der Waals surface area contributed by atoms with E-state index in [1.807, 2.05) is 0 Å². The summed E-state index contributed by atoms with van der Waals surface area (Å²) in [5.74, 6) is 0. The maximum Gasteiger partial charge on any atom is 0.0713 e. The molecule has 0 heterocycles. The number of hydrogen-bond donors (Lipinski definition) is 0. The van der Waals surface area contributed by atoms with Crippen molar-refractivity contribution in [2.45, 2.75) is 6.56 Å². The van der Waals surface area contributed by atoms with Gasteiger partial charge in [-0.1, -0.05) is 28.0 Å². The van der Waals surface area contributed by atoms with E-state index in [1.54, 1.807) is 0 Å². The van der Waals surface area contributed by atoms with Crippen LogP contribution in [0.2, 0.25) is 0 Å². The second-order valence-electron chi connectivity index (χ2n) is 1.39. The van der Waals surface area contributed by atoms with Crippen LogP contribution < -0.4 is 0 Å². The number of halogens is 1. The molecule has 0 bridgehead atoms. The van der Waals surface area contributed by atoms with Gasteiger partial charge < -0.3 is 4.74 Å². The zero-order chi connectivity index (χ0) is 15.2. The van der Waals surface area contributed by atoms with Gasteiger partial charge in [0.25, 0.3) is 0 Å². The number of hydrogen-bond acceptors (Lipinski definition) is 1. The molecule has 0 radical (unpaired) electrons. The van der Waals surface area contributed by atoms with E-state index < -0.39 is 43.3 Å². The molecule has 10 heavy (non-hydrogen) atoms. The average Bonchev–Trinajstić information content (AvgIpc) is 2.20. The maximum atomic E-state index is 7.61. The van der Waals surface area contributed by atoms with Crippen molar-refractivity contribution in [3.8, 4) is 0 Å². The lowest BCUT2D eigenvalue weighted by Gasteiger charge is -1.97. The first-order chi connectivity index (χ1) is 8.38. The molecule has 0 atom stereocenters. The summed E-state index contributed by atoms with van der Waals surface area (Å²) in [5.41, 5.74) is -0.748. The molecule has 2 heteroatoms. The number of ether oxygens (including phenoxy) is 1. The van der Waals surface area contributed by atoms with E-state index in [2.05, 4.69) is 20.7 Å². The number of methoxy groups -OCH3 is 1. The van der Waals surface area contributed by atoms with Crippen molar-refractivity contribution < 1.29 is 17.1 Å². The average molecular weight is 210 g/mol. The van der Waals surface area contributed by atoms with E-state index in [0.717, 1.165) is 0 Å². The summed E-state index contributed by atoms with van der Waals surface area (Å²) in [6, 6.07) is -2.40. The Hall–Kier alpha value is -0.340. The first-order valence-corrected chi connectivity index (χ1v) is 3.14. The first-order valence-electron chi connectivity index (χ1n) is 6.85. The van der Waals surface area contributed by atoms with Gasteiger partial charge in [0.05, 0.1) is 18.9 Å². The van der Waals surface area contributed by atoms with Gasteiger partial charge in [0.1, 0.15) is 0 Å². The molecule has 0 saturated heterocycles. The Morgan fingerprint density at radius 1 is 1.70 bits per heavy atom. The van der Waals surface area contributed by atoms with E-state index in [1.165, 1.54) is 0 Å². The van der Waals surface area contributed by atoms with E-state index >= 15 is 0 Å². The van der Waals surface area contributed by atoms with Crippen LogP contribution >= 0.6 is 15.9 Å². The fraction of sp³-hybridized carbons (Fsp3) is 0.250. The third-order valence-corrected chi connectivity index (χ3v) is 1.14. The minimum absolute atomic E-state index is 0.129. The third-order valence-electron chi connectivity index (χ3n) is 0.748. The second kappa shape index (κ2) is 3.74. The van der Waals surface area contributed by atoms with E-state index in [0.29, 0.717) is 0 Å². The summed E-state index contributed by atoms with van der Waals surface area (Å²) in [6.45, 7) is -2.97. The molecule has 0 fully saturated rings. The van der Waals surface area contributed by atoms with Gasteiger partial charge in [-0.05, 0) is 17.6 Å². The minimum Gasteiger partial charge on any atom is -0.380 e. The molecular weight excluding hydrogens is 192 g/mol. The topological polar surface area (TPSA) is 9.23 Å². The van der Waals surface area contributed by atoms with Crippen molar-refractivity contribution in [1.29, 1.82) is 0 Å². The molecule has 1 aromatic carbocycles. The van der Waals surface area contributed by atoms with E-state index in [9.17, 15) is 0 Å². The molecule has 0 unspecified atom stereocenters. The quantitative estimate of drug-likeness (QED) is 0.728. The summed E-state index contributed by atoms with van der Waals surface area (Å²) in [5, 5.41) is 0. The van der Waals surface area contributed by atoms with Crippen molar-refractivity contribution in [2.24, 2.45) is 0 Å². The molecule has 54 valence electrons. The molecule has 0 aromatic heterocycles. The van der Waals surface area contributed by atoms with Crippen LogP contribution in [-0.2, 0) is 11.3 Å². The van der Waals surface area contributed by atoms with Crippen LogP contribution in [0.1, 0.15) is 17.9 Å². The van der Waals surface area contributed by atoms with Crippen LogP contribution in [0.3, 0.4) is 0 Å². The van der Waals surface area contributed by atoms with Crippen LogP contribution in [0, 0.1) is 0 Å². The SMILES string of the molecule is [2H]c1c([2H])c(C([2H])([2H])OC([2H])([2H])[2H])c([2H])c([2H])c1Br.